The van der Waals surface area contributed by atoms with Crippen molar-refractivity contribution < 1.29 is 4.79 Å². The van der Waals surface area contributed by atoms with E-state index in [1.165, 1.54) is 19.3 Å². The van der Waals surface area contributed by atoms with Crippen LogP contribution in [-0.2, 0) is 0 Å². The van der Waals surface area contributed by atoms with Crippen molar-refractivity contribution in [3.63, 3.8) is 0 Å². The van der Waals surface area contributed by atoms with Gasteiger partial charge >= 0.3 is 0 Å². The molecule has 0 bridgehead atoms. The molecule has 1 saturated heterocycles. The minimum Gasteiger partial charge on any atom is -0.370 e. The van der Waals surface area contributed by atoms with Crippen molar-refractivity contribution in [2.24, 2.45) is 0 Å². The molecule has 120 valence electrons. The van der Waals surface area contributed by atoms with E-state index in [9.17, 15) is 4.79 Å². The predicted molar refractivity (Wildman–Crippen MR) is 97.4 cm³/mol. The van der Waals surface area contributed by atoms with E-state index in [0.717, 1.165) is 28.9 Å². The topological polar surface area (TPSA) is 45.2 Å². The Morgan fingerprint density at radius 2 is 1.96 bits per heavy atom. The van der Waals surface area contributed by atoms with E-state index in [0.29, 0.717) is 10.6 Å². The normalized spacial score (nSPS) is 14.6. The fourth-order valence-corrected chi connectivity index (χ4v) is 3.29. The molecule has 2 heterocycles. The molecule has 0 radical (unpaired) electrons. The molecule has 0 unspecified atom stereocenters. The number of nitrogens with one attached hydrogen (secondary N) is 1. The largest absolute Gasteiger partial charge is 0.370 e. The lowest BCUT2D eigenvalue weighted by molar-refractivity contribution is 0.102. The van der Waals surface area contributed by atoms with Gasteiger partial charge in [0.1, 0.15) is 0 Å². The Balaban J connectivity index is 1.86. The van der Waals surface area contributed by atoms with Crippen LogP contribution in [0.1, 0.15) is 29.6 Å². The highest BCUT2D eigenvalue weighted by atomic mass is 79.9. The van der Waals surface area contributed by atoms with Crippen LogP contribution >= 0.6 is 27.5 Å². The fourth-order valence-electron chi connectivity index (χ4n) is 2.75. The minimum absolute atomic E-state index is 0.195. The van der Waals surface area contributed by atoms with Gasteiger partial charge in [0, 0.05) is 35.0 Å². The maximum absolute atomic E-state index is 12.5. The van der Waals surface area contributed by atoms with Gasteiger partial charge < -0.3 is 10.2 Å². The number of carbonyl (C=O) groups is 1. The van der Waals surface area contributed by atoms with E-state index in [1.807, 2.05) is 12.1 Å². The van der Waals surface area contributed by atoms with E-state index in [1.54, 1.807) is 24.5 Å². The van der Waals surface area contributed by atoms with Crippen LogP contribution in [0.5, 0.6) is 0 Å². The first-order chi connectivity index (χ1) is 11.1. The quantitative estimate of drug-likeness (QED) is 0.818. The molecule has 1 aromatic heterocycles. The summed E-state index contributed by atoms with van der Waals surface area (Å²) in [6, 6.07) is 7.38. The number of pyridine rings is 1. The molecule has 1 amide bonds. The molecule has 23 heavy (non-hydrogen) atoms. The smallest absolute Gasteiger partial charge is 0.257 e. The number of hydrogen-bond acceptors (Lipinski definition) is 3. The summed E-state index contributed by atoms with van der Waals surface area (Å²) in [6.45, 7) is 2.01. The molecule has 0 saturated carbocycles. The zero-order chi connectivity index (χ0) is 16.2. The number of carbonyl (C=O) groups excluding carboxylic acids is 1. The van der Waals surface area contributed by atoms with Gasteiger partial charge in [-0.25, -0.2) is 0 Å². The van der Waals surface area contributed by atoms with Crippen molar-refractivity contribution in [2.45, 2.75) is 19.3 Å². The van der Waals surface area contributed by atoms with Crippen molar-refractivity contribution in [3.05, 3.63) is 51.7 Å². The van der Waals surface area contributed by atoms with Crippen molar-refractivity contribution in [2.75, 3.05) is 23.3 Å². The maximum atomic E-state index is 12.5. The predicted octanol–water partition coefficient (Wildman–Crippen LogP) is 4.74. The number of anilines is 2. The summed E-state index contributed by atoms with van der Waals surface area (Å²) in [6.07, 6.45) is 6.80. The first-order valence-electron chi connectivity index (χ1n) is 7.60. The van der Waals surface area contributed by atoms with E-state index in [4.69, 9.17) is 11.6 Å². The third-order valence-electron chi connectivity index (χ3n) is 3.87. The molecule has 3 rings (SSSR count). The van der Waals surface area contributed by atoms with Crippen LogP contribution in [0.2, 0.25) is 5.02 Å². The first-order valence-corrected chi connectivity index (χ1v) is 8.77. The summed E-state index contributed by atoms with van der Waals surface area (Å²) >= 11 is 9.45. The van der Waals surface area contributed by atoms with Crippen LogP contribution < -0.4 is 10.2 Å². The van der Waals surface area contributed by atoms with Gasteiger partial charge in [-0.2, -0.15) is 0 Å². The van der Waals surface area contributed by atoms with Gasteiger partial charge in [0.05, 0.1) is 16.9 Å². The van der Waals surface area contributed by atoms with Gasteiger partial charge in [-0.15, -0.1) is 0 Å². The maximum Gasteiger partial charge on any atom is 0.257 e. The Labute approximate surface area is 149 Å². The first kappa shape index (κ1) is 16.3. The van der Waals surface area contributed by atoms with Gasteiger partial charge in [-0.05, 0) is 59.5 Å². The molecule has 1 N–H and O–H groups in total. The summed E-state index contributed by atoms with van der Waals surface area (Å²) in [4.78, 5) is 18.8. The van der Waals surface area contributed by atoms with E-state index < -0.39 is 0 Å². The standard InChI is InChI=1S/C17H17BrClN3O/c18-13-8-12(10-20-11-13)17(23)21-15-9-14(19)4-5-16(15)22-6-2-1-3-7-22/h4-5,8-11H,1-3,6-7H2,(H,21,23). The zero-order valence-electron chi connectivity index (χ0n) is 12.6. The van der Waals surface area contributed by atoms with E-state index >= 15 is 0 Å². The Hall–Kier alpha value is -1.59. The lowest BCUT2D eigenvalue weighted by atomic mass is 10.1. The Kier molecular flexibility index (Phi) is 5.18. The number of halogens is 2. The van der Waals surface area contributed by atoms with Crippen LogP contribution in [-0.4, -0.2) is 24.0 Å². The second kappa shape index (κ2) is 7.32. The number of amides is 1. The number of rotatable bonds is 3. The number of benzene rings is 1. The molecule has 1 fully saturated rings. The minimum atomic E-state index is -0.195. The van der Waals surface area contributed by atoms with Gasteiger partial charge in [0.15, 0.2) is 0 Å². The second-order valence-electron chi connectivity index (χ2n) is 5.56. The van der Waals surface area contributed by atoms with Crippen molar-refractivity contribution in [3.8, 4) is 0 Å². The molecule has 1 aliphatic rings. The number of piperidine rings is 1. The average Bonchev–Trinajstić information content (AvgIpc) is 2.56. The fraction of sp³-hybridized carbons (Fsp3) is 0.294. The van der Waals surface area contributed by atoms with E-state index in [-0.39, 0.29) is 5.91 Å². The van der Waals surface area contributed by atoms with Crippen LogP contribution in [0.15, 0.2) is 41.1 Å². The third-order valence-corrected chi connectivity index (χ3v) is 4.54. The molecular formula is C17H17BrClN3O. The molecule has 0 aliphatic carbocycles. The van der Waals surface area contributed by atoms with Crippen LogP contribution in [0.3, 0.4) is 0 Å². The summed E-state index contributed by atoms with van der Waals surface area (Å²) < 4.78 is 0.771. The van der Waals surface area contributed by atoms with Crippen molar-refractivity contribution in [1.82, 2.24) is 4.98 Å². The Bertz CT molecular complexity index is 717. The summed E-state index contributed by atoms with van der Waals surface area (Å²) in [5, 5.41) is 3.57. The molecule has 1 aliphatic heterocycles. The van der Waals surface area contributed by atoms with E-state index in [2.05, 4.69) is 31.1 Å². The highest BCUT2D eigenvalue weighted by Crippen LogP contribution is 2.31. The zero-order valence-corrected chi connectivity index (χ0v) is 14.9. The molecule has 6 heteroatoms. The summed E-state index contributed by atoms with van der Waals surface area (Å²) in [7, 11) is 0. The number of hydrogen-bond donors (Lipinski definition) is 1. The lowest BCUT2D eigenvalue weighted by Gasteiger charge is -2.30. The summed E-state index contributed by atoms with van der Waals surface area (Å²) in [5.41, 5.74) is 2.26. The Morgan fingerprint density at radius 3 is 2.70 bits per heavy atom. The van der Waals surface area contributed by atoms with Crippen LogP contribution in [0, 0.1) is 0 Å². The Morgan fingerprint density at radius 1 is 1.17 bits per heavy atom. The van der Waals surface area contributed by atoms with Gasteiger partial charge in [-0.3, -0.25) is 9.78 Å². The third kappa shape index (κ3) is 4.03. The van der Waals surface area contributed by atoms with Crippen molar-refractivity contribution in [1.29, 1.82) is 0 Å². The van der Waals surface area contributed by atoms with Crippen LogP contribution in [0.25, 0.3) is 0 Å². The highest BCUT2D eigenvalue weighted by molar-refractivity contribution is 9.10. The number of aromatic nitrogens is 1. The van der Waals surface area contributed by atoms with Crippen molar-refractivity contribution >= 4 is 44.8 Å². The van der Waals surface area contributed by atoms with Gasteiger partial charge in [0.2, 0.25) is 0 Å². The average molecular weight is 395 g/mol. The molecule has 2 aromatic rings. The molecule has 0 spiro atoms. The second-order valence-corrected chi connectivity index (χ2v) is 6.91. The monoisotopic (exact) mass is 393 g/mol. The molecule has 0 atom stereocenters. The molecule has 4 nitrogen and oxygen atoms in total. The summed E-state index contributed by atoms with van der Waals surface area (Å²) in [5.74, 6) is -0.195. The highest BCUT2D eigenvalue weighted by Gasteiger charge is 2.17. The molecule has 1 aromatic carbocycles. The molecular weight excluding hydrogens is 378 g/mol. The number of nitrogens with zero attached hydrogens (tertiary/aromatic N) is 2. The SMILES string of the molecule is O=C(Nc1cc(Cl)ccc1N1CCCCC1)c1cncc(Br)c1. The van der Waals surface area contributed by atoms with Gasteiger partial charge in [-0.1, -0.05) is 11.6 Å². The van der Waals surface area contributed by atoms with Crippen LogP contribution in [0.4, 0.5) is 11.4 Å². The lowest BCUT2D eigenvalue weighted by Crippen LogP contribution is -2.30. The van der Waals surface area contributed by atoms with Gasteiger partial charge in [0.25, 0.3) is 5.91 Å².